The first-order valence-corrected chi connectivity index (χ1v) is 7.85. The molecule has 0 saturated carbocycles. The Balaban J connectivity index is 2.10. The van der Waals surface area contributed by atoms with Gasteiger partial charge in [0.2, 0.25) is 0 Å². The predicted molar refractivity (Wildman–Crippen MR) is 84.4 cm³/mol. The molecule has 2 aromatic heterocycles. The van der Waals surface area contributed by atoms with Gasteiger partial charge in [0, 0.05) is 23.2 Å². The zero-order valence-electron chi connectivity index (χ0n) is 12.2. The van der Waals surface area contributed by atoms with E-state index in [9.17, 15) is 0 Å². The predicted octanol–water partition coefficient (Wildman–Crippen LogP) is 3.10. The maximum absolute atomic E-state index is 4.41. The summed E-state index contributed by atoms with van der Waals surface area (Å²) in [4.78, 5) is 14.4. The maximum Gasteiger partial charge on any atom is 0.135 e. The maximum atomic E-state index is 4.41. The Bertz CT molecular complexity index is 552. The van der Waals surface area contributed by atoms with E-state index >= 15 is 0 Å². The first-order valence-electron chi connectivity index (χ1n) is 7.03. The van der Waals surface area contributed by atoms with Gasteiger partial charge in [-0.15, -0.1) is 11.3 Å². The van der Waals surface area contributed by atoms with E-state index in [0.29, 0.717) is 6.54 Å². The molecule has 0 spiro atoms. The number of thiazole rings is 1. The van der Waals surface area contributed by atoms with Gasteiger partial charge < -0.3 is 10.6 Å². The normalized spacial score (nSPS) is 10.6. The summed E-state index contributed by atoms with van der Waals surface area (Å²) in [7, 11) is 0. The van der Waals surface area contributed by atoms with Crippen LogP contribution in [0.2, 0.25) is 0 Å². The van der Waals surface area contributed by atoms with Crippen LogP contribution in [-0.4, -0.2) is 21.5 Å². The molecule has 2 heterocycles. The molecule has 0 unspecified atom stereocenters. The standard InChI is InChI=1S/C14H21N5S/c1-4-10-7-16-12(20-10)8-17-14-11(5-2)13(15-6-3)18-9-19-14/h7,9H,4-6,8H2,1-3H3,(H2,15,17,18,19). The summed E-state index contributed by atoms with van der Waals surface area (Å²) in [5.74, 6) is 1.81. The van der Waals surface area contributed by atoms with Gasteiger partial charge in [0.15, 0.2) is 0 Å². The number of nitrogens with one attached hydrogen (secondary N) is 2. The van der Waals surface area contributed by atoms with Crippen molar-refractivity contribution in [1.82, 2.24) is 15.0 Å². The molecule has 0 atom stereocenters. The average molecular weight is 291 g/mol. The molecule has 0 aliphatic carbocycles. The lowest BCUT2D eigenvalue weighted by molar-refractivity contribution is 0.994. The van der Waals surface area contributed by atoms with Gasteiger partial charge >= 0.3 is 0 Å². The molecule has 5 nitrogen and oxygen atoms in total. The zero-order chi connectivity index (χ0) is 14.4. The summed E-state index contributed by atoms with van der Waals surface area (Å²) in [6, 6.07) is 0. The molecule has 0 saturated heterocycles. The van der Waals surface area contributed by atoms with Crippen LogP contribution in [0.3, 0.4) is 0 Å². The fraction of sp³-hybridized carbons (Fsp3) is 0.500. The van der Waals surface area contributed by atoms with E-state index < -0.39 is 0 Å². The number of hydrogen-bond acceptors (Lipinski definition) is 6. The summed E-state index contributed by atoms with van der Waals surface area (Å²) >= 11 is 1.75. The van der Waals surface area contributed by atoms with Crippen molar-refractivity contribution in [3.63, 3.8) is 0 Å². The van der Waals surface area contributed by atoms with Crippen LogP contribution < -0.4 is 10.6 Å². The van der Waals surface area contributed by atoms with Crippen LogP contribution in [-0.2, 0) is 19.4 Å². The minimum absolute atomic E-state index is 0.709. The summed E-state index contributed by atoms with van der Waals surface area (Å²) in [5.41, 5.74) is 1.13. The molecule has 2 N–H and O–H groups in total. The van der Waals surface area contributed by atoms with Gasteiger partial charge in [0.25, 0.3) is 0 Å². The number of aromatic nitrogens is 3. The fourth-order valence-electron chi connectivity index (χ4n) is 1.97. The number of nitrogens with zero attached hydrogens (tertiary/aromatic N) is 3. The first kappa shape index (κ1) is 14.7. The van der Waals surface area contributed by atoms with Crippen molar-refractivity contribution in [2.24, 2.45) is 0 Å². The van der Waals surface area contributed by atoms with Crippen LogP contribution in [0.15, 0.2) is 12.5 Å². The van der Waals surface area contributed by atoms with Crippen LogP contribution in [0, 0.1) is 0 Å². The summed E-state index contributed by atoms with van der Waals surface area (Å²) in [6.07, 6.45) is 5.48. The molecule has 0 aromatic carbocycles. The van der Waals surface area contributed by atoms with Crippen LogP contribution in [0.1, 0.15) is 36.2 Å². The Morgan fingerprint density at radius 1 is 1.00 bits per heavy atom. The molecule has 0 fully saturated rings. The molecule has 0 bridgehead atoms. The SMILES string of the molecule is CCNc1ncnc(NCc2ncc(CC)s2)c1CC. The van der Waals surface area contributed by atoms with E-state index in [2.05, 4.69) is 46.4 Å². The fourth-order valence-corrected chi connectivity index (χ4v) is 2.77. The van der Waals surface area contributed by atoms with Gasteiger partial charge in [-0.2, -0.15) is 0 Å². The molecule has 0 amide bonds. The minimum atomic E-state index is 0.709. The molecular weight excluding hydrogens is 270 g/mol. The van der Waals surface area contributed by atoms with E-state index in [-0.39, 0.29) is 0 Å². The summed E-state index contributed by atoms with van der Waals surface area (Å²) in [5, 5.41) is 7.74. The third-order valence-corrected chi connectivity index (χ3v) is 4.14. The van der Waals surface area contributed by atoms with Crippen molar-refractivity contribution in [3.8, 4) is 0 Å². The van der Waals surface area contributed by atoms with Crippen LogP contribution in [0.5, 0.6) is 0 Å². The van der Waals surface area contributed by atoms with E-state index in [1.165, 1.54) is 4.88 Å². The largest absolute Gasteiger partial charge is 0.370 e. The molecule has 0 radical (unpaired) electrons. The highest BCUT2D eigenvalue weighted by Crippen LogP contribution is 2.21. The summed E-state index contributed by atoms with van der Waals surface area (Å²) in [6.45, 7) is 7.89. The van der Waals surface area contributed by atoms with Gasteiger partial charge in [-0.25, -0.2) is 15.0 Å². The molecule has 2 rings (SSSR count). The molecule has 0 aliphatic rings. The average Bonchev–Trinajstić information content (AvgIpc) is 2.93. The number of rotatable bonds is 7. The molecule has 20 heavy (non-hydrogen) atoms. The number of anilines is 2. The van der Waals surface area contributed by atoms with E-state index in [1.54, 1.807) is 17.7 Å². The highest BCUT2D eigenvalue weighted by molar-refractivity contribution is 7.11. The van der Waals surface area contributed by atoms with Crippen LogP contribution in [0.25, 0.3) is 0 Å². The Morgan fingerprint density at radius 2 is 1.75 bits per heavy atom. The van der Waals surface area contributed by atoms with E-state index in [0.717, 1.165) is 41.6 Å². The molecular formula is C14H21N5S. The zero-order valence-corrected chi connectivity index (χ0v) is 13.0. The third-order valence-electron chi connectivity index (χ3n) is 3.00. The van der Waals surface area contributed by atoms with Crippen molar-refractivity contribution < 1.29 is 0 Å². The lowest BCUT2D eigenvalue weighted by Gasteiger charge is -2.12. The van der Waals surface area contributed by atoms with Gasteiger partial charge in [-0.05, 0) is 19.8 Å². The number of hydrogen-bond donors (Lipinski definition) is 2. The minimum Gasteiger partial charge on any atom is -0.370 e. The highest BCUT2D eigenvalue weighted by Gasteiger charge is 2.09. The van der Waals surface area contributed by atoms with Gasteiger partial charge in [-0.1, -0.05) is 13.8 Å². The third kappa shape index (κ3) is 3.45. The van der Waals surface area contributed by atoms with Gasteiger partial charge in [0.1, 0.15) is 23.0 Å². The van der Waals surface area contributed by atoms with Crippen molar-refractivity contribution in [2.75, 3.05) is 17.2 Å². The summed E-state index contributed by atoms with van der Waals surface area (Å²) < 4.78 is 0. The second-order valence-corrected chi connectivity index (χ2v) is 5.56. The Morgan fingerprint density at radius 3 is 2.35 bits per heavy atom. The smallest absolute Gasteiger partial charge is 0.135 e. The second kappa shape index (κ2) is 7.19. The van der Waals surface area contributed by atoms with Crippen molar-refractivity contribution in [3.05, 3.63) is 28.0 Å². The monoisotopic (exact) mass is 291 g/mol. The van der Waals surface area contributed by atoms with Crippen LogP contribution in [0.4, 0.5) is 11.6 Å². The first-order chi connectivity index (χ1) is 9.78. The molecule has 6 heteroatoms. The van der Waals surface area contributed by atoms with E-state index in [4.69, 9.17) is 0 Å². The number of aryl methyl sites for hydroxylation is 1. The Hall–Kier alpha value is -1.69. The van der Waals surface area contributed by atoms with Crippen molar-refractivity contribution in [1.29, 1.82) is 0 Å². The Labute approximate surface area is 123 Å². The van der Waals surface area contributed by atoms with Crippen molar-refractivity contribution >= 4 is 23.0 Å². The lowest BCUT2D eigenvalue weighted by Crippen LogP contribution is -2.09. The topological polar surface area (TPSA) is 62.7 Å². The Kier molecular flexibility index (Phi) is 5.29. The second-order valence-electron chi connectivity index (χ2n) is 4.36. The van der Waals surface area contributed by atoms with Crippen molar-refractivity contribution in [2.45, 2.75) is 40.2 Å². The van der Waals surface area contributed by atoms with E-state index in [1.807, 2.05) is 6.20 Å². The lowest BCUT2D eigenvalue weighted by atomic mass is 10.2. The molecule has 2 aromatic rings. The quantitative estimate of drug-likeness (QED) is 0.820. The van der Waals surface area contributed by atoms with Crippen LogP contribution >= 0.6 is 11.3 Å². The van der Waals surface area contributed by atoms with Gasteiger partial charge in [-0.3, -0.25) is 0 Å². The highest BCUT2D eigenvalue weighted by atomic mass is 32.1. The van der Waals surface area contributed by atoms with Gasteiger partial charge in [0.05, 0.1) is 6.54 Å². The molecule has 108 valence electrons. The molecule has 0 aliphatic heterocycles.